The van der Waals surface area contributed by atoms with Gasteiger partial charge in [-0.1, -0.05) is 12.1 Å². The highest BCUT2D eigenvalue weighted by Crippen LogP contribution is 2.25. The number of para-hydroxylation sites is 1. The van der Waals surface area contributed by atoms with Gasteiger partial charge in [0.05, 0.1) is 6.54 Å². The van der Waals surface area contributed by atoms with E-state index in [1.54, 1.807) is 25.2 Å². The van der Waals surface area contributed by atoms with E-state index in [1.165, 1.54) is 6.07 Å². The minimum absolute atomic E-state index is 0. The molecule has 1 fully saturated rings. The lowest BCUT2D eigenvalue weighted by Crippen LogP contribution is -2.57. The molecule has 1 aromatic carbocycles. The molecule has 0 radical (unpaired) electrons. The van der Waals surface area contributed by atoms with Gasteiger partial charge in [0, 0.05) is 39.4 Å². The van der Waals surface area contributed by atoms with Crippen molar-refractivity contribution in [2.75, 3.05) is 61.1 Å². The van der Waals surface area contributed by atoms with Crippen molar-refractivity contribution in [1.29, 1.82) is 0 Å². The zero-order valence-electron chi connectivity index (χ0n) is 16.7. The predicted octanol–water partition coefficient (Wildman–Crippen LogP) is 2.44. The van der Waals surface area contributed by atoms with Crippen LogP contribution >= 0.6 is 24.0 Å². The zero-order valence-corrected chi connectivity index (χ0v) is 19.0. The quantitative estimate of drug-likeness (QED) is 0.359. The van der Waals surface area contributed by atoms with Crippen LogP contribution in [0.1, 0.15) is 12.8 Å². The molecule has 27 heavy (non-hydrogen) atoms. The number of aliphatic imine (C=N–C) groups is 1. The third-order valence-corrected chi connectivity index (χ3v) is 5.04. The first-order valence-electron chi connectivity index (χ1n) is 9.03. The number of guanidine groups is 1. The van der Waals surface area contributed by atoms with Gasteiger partial charge in [-0.2, -0.15) is 0 Å². The van der Waals surface area contributed by atoms with Crippen LogP contribution in [0, 0.1) is 5.82 Å². The number of hydrogen-bond acceptors (Lipinski definition) is 4. The maximum atomic E-state index is 13.6. The van der Waals surface area contributed by atoms with Crippen LogP contribution in [0.25, 0.3) is 0 Å². The van der Waals surface area contributed by atoms with Crippen LogP contribution in [-0.4, -0.2) is 82.4 Å². The van der Waals surface area contributed by atoms with Crippen LogP contribution in [0.3, 0.4) is 0 Å². The molecular formula is C19H32FIN4O2. The molecule has 0 unspecified atom stereocenters. The summed E-state index contributed by atoms with van der Waals surface area (Å²) in [7, 11) is 7.94. The Bertz CT molecular complexity index is 595. The number of benzene rings is 1. The molecule has 0 saturated carbocycles. The Kier molecular flexibility index (Phi) is 10.3. The first-order chi connectivity index (χ1) is 12.5. The van der Waals surface area contributed by atoms with E-state index in [0.717, 1.165) is 38.6 Å². The minimum Gasteiger partial charge on any atom is -0.489 e. The molecule has 1 saturated heterocycles. The first kappa shape index (κ1) is 23.9. The van der Waals surface area contributed by atoms with Crippen molar-refractivity contribution in [1.82, 2.24) is 15.1 Å². The highest BCUT2D eigenvalue weighted by molar-refractivity contribution is 14.0. The SMILES string of the molecule is CN=C(NCC1(N(C)C)CCOCC1)N(C)CCOc1ccccc1F.I. The maximum absolute atomic E-state index is 13.6. The normalized spacial score (nSPS) is 16.6. The summed E-state index contributed by atoms with van der Waals surface area (Å²) in [5, 5.41) is 3.47. The van der Waals surface area contributed by atoms with Crippen molar-refractivity contribution in [2.24, 2.45) is 4.99 Å². The second-order valence-electron chi connectivity index (χ2n) is 6.83. The Balaban J connectivity index is 0.00000364. The lowest BCUT2D eigenvalue weighted by molar-refractivity contribution is -0.00522. The molecule has 0 atom stereocenters. The van der Waals surface area contributed by atoms with Crippen molar-refractivity contribution in [3.05, 3.63) is 30.1 Å². The van der Waals surface area contributed by atoms with Crippen LogP contribution in [0.5, 0.6) is 5.75 Å². The topological polar surface area (TPSA) is 49.3 Å². The fourth-order valence-electron chi connectivity index (χ4n) is 3.12. The molecule has 0 bridgehead atoms. The maximum Gasteiger partial charge on any atom is 0.193 e. The predicted molar refractivity (Wildman–Crippen MR) is 118 cm³/mol. The van der Waals surface area contributed by atoms with Gasteiger partial charge >= 0.3 is 0 Å². The van der Waals surface area contributed by atoms with Gasteiger partial charge in [-0.15, -0.1) is 24.0 Å². The summed E-state index contributed by atoms with van der Waals surface area (Å²) >= 11 is 0. The van der Waals surface area contributed by atoms with E-state index in [9.17, 15) is 4.39 Å². The molecule has 1 N–H and O–H groups in total. The molecule has 8 heteroatoms. The van der Waals surface area contributed by atoms with Gasteiger partial charge in [0.25, 0.3) is 0 Å². The van der Waals surface area contributed by atoms with Crippen molar-refractivity contribution in [3.8, 4) is 5.75 Å². The number of halogens is 2. The van der Waals surface area contributed by atoms with Gasteiger partial charge in [-0.25, -0.2) is 4.39 Å². The number of likely N-dealkylation sites (N-methyl/N-ethyl adjacent to an activating group) is 2. The molecule has 2 rings (SSSR count). The number of hydrogen-bond donors (Lipinski definition) is 1. The van der Waals surface area contributed by atoms with E-state index in [1.807, 2.05) is 11.9 Å². The van der Waals surface area contributed by atoms with Crippen LogP contribution in [0.15, 0.2) is 29.3 Å². The van der Waals surface area contributed by atoms with Crippen LogP contribution < -0.4 is 10.1 Å². The van der Waals surface area contributed by atoms with Gasteiger partial charge in [0.2, 0.25) is 0 Å². The average Bonchev–Trinajstić information content (AvgIpc) is 2.64. The Morgan fingerprint density at radius 3 is 2.52 bits per heavy atom. The molecule has 1 heterocycles. The van der Waals surface area contributed by atoms with Crippen LogP contribution in [0.4, 0.5) is 4.39 Å². The van der Waals surface area contributed by atoms with Gasteiger partial charge in [-0.05, 0) is 39.1 Å². The summed E-state index contributed by atoms with van der Waals surface area (Å²) in [5.74, 6) is 0.734. The van der Waals surface area contributed by atoms with Crippen molar-refractivity contribution in [3.63, 3.8) is 0 Å². The molecule has 1 aliphatic heterocycles. The number of nitrogens with one attached hydrogen (secondary N) is 1. The van der Waals surface area contributed by atoms with E-state index < -0.39 is 0 Å². The fourth-order valence-corrected chi connectivity index (χ4v) is 3.12. The summed E-state index contributed by atoms with van der Waals surface area (Å²) in [6.45, 7) is 3.35. The second-order valence-corrected chi connectivity index (χ2v) is 6.83. The third kappa shape index (κ3) is 6.76. The summed E-state index contributed by atoms with van der Waals surface area (Å²) in [6.07, 6.45) is 1.98. The highest BCUT2D eigenvalue weighted by atomic mass is 127. The van der Waals surface area contributed by atoms with Gasteiger partial charge in [-0.3, -0.25) is 4.99 Å². The zero-order chi connectivity index (χ0) is 19.0. The highest BCUT2D eigenvalue weighted by Gasteiger charge is 2.35. The third-order valence-electron chi connectivity index (χ3n) is 5.04. The summed E-state index contributed by atoms with van der Waals surface area (Å²) in [4.78, 5) is 8.62. The molecule has 1 aliphatic rings. The number of nitrogens with zero attached hydrogens (tertiary/aromatic N) is 3. The van der Waals surface area contributed by atoms with E-state index >= 15 is 0 Å². The largest absolute Gasteiger partial charge is 0.489 e. The molecule has 0 amide bonds. The summed E-state index contributed by atoms with van der Waals surface area (Å²) in [6, 6.07) is 6.44. The average molecular weight is 494 g/mol. The van der Waals surface area contributed by atoms with E-state index in [4.69, 9.17) is 9.47 Å². The van der Waals surface area contributed by atoms with Crippen molar-refractivity contribution < 1.29 is 13.9 Å². The van der Waals surface area contributed by atoms with Crippen molar-refractivity contribution >= 4 is 29.9 Å². The number of rotatable bonds is 7. The Hall–Kier alpha value is -1.13. The first-order valence-corrected chi connectivity index (χ1v) is 9.03. The monoisotopic (exact) mass is 494 g/mol. The van der Waals surface area contributed by atoms with E-state index in [2.05, 4.69) is 29.3 Å². The Labute approximate surface area is 179 Å². The Morgan fingerprint density at radius 1 is 1.26 bits per heavy atom. The molecule has 1 aromatic rings. The van der Waals surface area contributed by atoms with Gasteiger partial charge < -0.3 is 24.6 Å². The molecule has 0 aliphatic carbocycles. The molecule has 6 nitrogen and oxygen atoms in total. The van der Waals surface area contributed by atoms with Gasteiger partial charge in [0.15, 0.2) is 17.5 Å². The lowest BCUT2D eigenvalue weighted by Gasteiger charge is -2.43. The molecule has 0 spiro atoms. The molecule has 0 aromatic heterocycles. The minimum atomic E-state index is -0.342. The van der Waals surface area contributed by atoms with E-state index in [0.29, 0.717) is 13.2 Å². The number of ether oxygens (including phenoxy) is 2. The van der Waals surface area contributed by atoms with Crippen LogP contribution in [0.2, 0.25) is 0 Å². The molecule has 154 valence electrons. The van der Waals surface area contributed by atoms with Crippen molar-refractivity contribution in [2.45, 2.75) is 18.4 Å². The fraction of sp³-hybridized carbons (Fsp3) is 0.632. The second kappa shape index (κ2) is 11.7. The Morgan fingerprint density at radius 2 is 1.93 bits per heavy atom. The lowest BCUT2D eigenvalue weighted by atomic mass is 9.88. The van der Waals surface area contributed by atoms with Crippen LogP contribution in [-0.2, 0) is 4.74 Å². The standard InChI is InChI=1S/C19H31FN4O2.HI/c1-21-18(22-15-19(23(2)3)9-12-25-13-10-19)24(4)11-14-26-17-8-6-5-7-16(17)20;/h5-8H,9-15H2,1-4H3,(H,21,22);1H. The smallest absolute Gasteiger partial charge is 0.193 e. The molecular weight excluding hydrogens is 462 g/mol. The summed E-state index contributed by atoms with van der Waals surface area (Å²) in [5.41, 5.74) is 0.0682. The summed E-state index contributed by atoms with van der Waals surface area (Å²) < 4.78 is 24.6. The van der Waals surface area contributed by atoms with E-state index in [-0.39, 0.29) is 41.1 Å². The van der Waals surface area contributed by atoms with Gasteiger partial charge in [0.1, 0.15) is 6.61 Å².